The van der Waals surface area contributed by atoms with Gasteiger partial charge >= 0.3 is 0 Å². The highest BCUT2D eigenvalue weighted by Gasteiger charge is 2.40. The maximum atomic E-state index is 6.27. The summed E-state index contributed by atoms with van der Waals surface area (Å²) in [6, 6.07) is 1.34. The molecule has 1 saturated carbocycles. The Bertz CT molecular complexity index is 263. The molecule has 3 fully saturated rings. The van der Waals surface area contributed by atoms with Crippen LogP contribution >= 0.6 is 24.8 Å². The van der Waals surface area contributed by atoms with E-state index >= 15 is 0 Å². The third kappa shape index (κ3) is 3.56. The molecule has 0 amide bonds. The van der Waals surface area contributed by atoms with Gasteiger partial charge in [0.25, 0.3) is 0 Å². The minimum absolute atomic E-state index is 0. The van der Waals surface area contributed by atoms with E-state index in [0.717, 1.165) is 17.9 Å². The van der Waals surface area contributed by atoms with Crippen molar-refractivity contribution < 1.29 is 0 Å². The molecule has 1 aliphatic carbocycles. The van der Waals surface area contributed by atoms with Gasteiger partial charge in [0.2, 0.25) is 0 Å². The summed E-state index contributed by atoms with van der Waals surface area (Å²) in [6.45, 7) is 8.69. The molecule has 0 aromatic heterocycles. The highest BCUT2D eigenvalue weighted by molar-refractivity contribution is 5.85. The second-order valence-corrected chi connectivity index (χ2v) is 6.32. The topological polar surface area (TPSA) is 32.5 Å². The van der Waals surface area contributed by atoms with Crippen molar-refractivity contribution in [1.82, 2.24) is 9.80 Å². The molecule has 2 heterocycles. The van der Waals surface area contributed by atoms with Crippen LogP contribution in [0, 0.1) is 11.8 Å². The summed E-state index contributed by atoms with van der Waals surface area (Å²) in [5.74, 6) is 1.59. The lowest BCUT2D eigenvalue weighted by molar-refractivity contribution is 0.111. The number of piperidine rings is 1. The Morgan fingerprint density at radius 2 is 1.68 bits per heavy atom. The van der Waals surface area contributed by atoms with Crippen molar-refractivity contribution in [1.29, 1.82) is 0 Å². The van der Waals surface area contributed by atoms with E-state index in [2.05, 4.69) is 16.7 Å². The summed E-state index contributed by atoms with van der Waals surface area (Å²) >= 11 is 0. The van der Waals surface area contributed by atoms with Crippen LogP contribution in [0.3, 0.4) is 0 Å². The van der Waals surface area contributed by atoms with Gasteiger partial charge in [-0.25, -0.2) is 0 Å². The molecular formula is C14H29Cl2N3. The van der Waals surface area contributed by atoms with E-state index in [9.17, 15) is 0 Å². The van der Waals surface area contributed by atoms with Gasteiger partial charge < -0.3 is 10.6 Å². The van der Waals surface area contributed by atoms with Gasteiger partial charge in [0, 0.05) is 31.7 Å². The lowest BCUT2D eigenvalue weighted by Crippen LogP contribution is -2.51. The van der Waals surface area contributed by atoms with Crippen LogP contribution in [-0.4, -0.2) is 54.6 Å². The highest BCUT2D eigenvalue weighted by Crippen LogP contribution is 2.36. The summed E-state index contributed by atoms with van der Waals surface area (Å²) in [5.41, 5.74) is 6.27. The second-order valence-electron chi connectivity index (χ2n) is 6.32. The molecule has 0 spiro atoms. The molecule has 2 N–H and O–H groups in total. The minimum atomic E-state index is 0. The molecule has 2 saturated heterocycles. The second kappa shape index (κ2) is 7.46. The lowest BCUT2D eigenvalue weighted by atomic mass is 9.93. The average molecular weight is 310 g/mol. The van der Waals surface area contributed by atoms with Crippen LogP contribution in [0.25, 0.3) is 0 Å². The molecule has 2 unspecified atom stereocenters. The Hall–Kier alpha value is 0.460. The van der Waals surface area contributed by atoms with E-state index in [4.69, 9.17) is 5.73 Å². The predicted molar refractivity (Wildman–Crippen MR) is 85.4 cm³/mol. The fraction of sp³-hybridized carbons (Fsp3) is 1.00. The number of likely N-dealkylation sites (N-methyl/N-ethyl adjacent to an activating group) is 1. The van der Waals surface area contributed by atoms with Crippen LogP contribution in [0.15, 0.2) is 0 Å². The first-order valence-corrected chi connectivity index (χ1v) is 7.50. The molecule has 4 atom stereocenters. The molecule has 19 heavy (non-hydrogen) atoms. The van der Waals surface area contributed by atoms with Crippen molar-refractivity contribution in [3.63, 3.8) is 0 Å². The Kier molecular flexibility index (Phi) is 6.88. The maximum Gasteiger partial charge on any atom is 0.0223 e. The van der Waals surface area contributed by atoms with Gasteiger partial charge in [0.05, 0.1) is 0 Å². The molecule has 3 rings (SSSR count). The molecule has 2 bridgehead atoms. The highest BCUT2D eigenvalue weighted by atomic mass is 35.5. The fourth-order valence-electron chi connectivity index (χ4n) is 4.33. The first-order valence-electron chi connectivity index (χ1n) is 7.50. The van der Waals surface area contributed by atoms with Gasteiger partial charge in [-0.3, -0.25) is 4.90 Å². The van der Waals surface area contributed by atoms with Crippen molar-refractivity contribution >= 4 is 24.8 Å². The van der Waals surface area contributed by atoms with Crippen molar-refractivity contribution in [3.8, 4) is 0 Å². The zero-order valence-electron chi connectivity index (χ0n) is 12.0. The fourth-order valence-corrected chi connectivity index (χ4v) is 4.33. The predicted octanol–water partition coefficient (Wildman–Crippen LogP) is 1.98. The van der Waals surface area contributed by atoms with E-state index in [0.29, 0.717) is 6.04 Å². The van der Waals surface area contributed by atoms with Crippen LogP contribution in [-0.2, 0) is 0 Å². The third-order valence-corrected chi connectivity index (χ3v) is 5.36. The first kappa shape index (κ1) is 17.5. The standard InChI is InChI=1S/C14H27N3.2ClH/c1-2-17-7-3-4-13(17)10-16-8-11-5-6-12(9-16)14(11)15;;/h11-14H,2-10,15H2,1H3;2*1H/t11-,12+,13?,14?;;. The summed E-state index contributed by atoms with van der Waals surface area (Å²) in [7, 11) is 0. The number of nitrogens with zero attached hydrogens (tertiary/aromatic N) is 2. The summed E-state index contributed by atoms with van der Waals surface area (Å²) < 4.78 is 0. The quantitative estimate of drug-likeness (QED) is 0.865. The van der Waals surface area contributed by atoms with Crippen LogP contribution < -0.4 is 5.73 Å². The zero-order valence-corrected chi connectivity index (χ0v) is 13.6. The summed E-state index contributed by atoms with van der Waals surface area (Å²) in [4.78, 5) is 5.38. The molecule has 3 nitrogen and oxygen atoms in total. The number of nitrogens with two attached hydrogens (primary N) is 1. The molecule has 0 radical (unpaired) electrons. The average Bonchev–Trinajstić information content (AvgIpc) is 2.82. The number of rotatable bonds is 3. The SMILES string of the molecule is CCN1CCCC1CN1C[C@H]2CC[C@@H](C1)C2N.Cl.Cl. The van der Waals surface area contributed by atoms with Gasteiger partial charge in [-0.05, 0) is 50.6 Å². The number of likely N-dealkylation sites (tertiary alicyclic amines) is 2. The van der Waals surface area contributed by atoms with Crippen molar-refractivity contribution in [2.75, 3.05) is 32.7 Å². The Morgan fingerprint density at radius 3 is 2.26 bits per heavy atom. The Morgan fingerprint density at radius 1 is 1.05 bits per heavy atom. The largest absolute Gasteiger partial charge is 0.327 e. The minimum Gasteiger partial charge on any atom is -0.327 e. The van der Waals surface area contributed by atoms with Gasteiger partial charge in [-0.2, -0.15) is 0 Å². The third-order valence-electron chi connectivity index (χ3n) is 5.36. The number of fused-ring (bicyclic) bond motifs is 2. The van der Waals surface area contributed by atoms with E-state index in [1.165, 1.54) is 58.4 Å². The van der Waals surface area contributed by atoms with Gasteiger partial charge in [0.1, 0.15) is 0 Å². The number of hydrogen-bond acceptors (Lipinski definition) is 3. The van der Waals surface area contributed by atoms with E-state index in [-0.39, 0.29) is 24.8 Å². The maximum absolute atomic E-state index is 6.27. The Labute approximate surface area is 130 Å². The molecule has 0 aromatic carbocycles. The summed E-state index contributed by atoms with van der Waals surface area (Å²) in [5, 5.41) is 0. The monoisotopic (exact) mass is 309 g/mol. The zero-order chi connectivity index (χ0) is 11.8. The molecule has 3 aliphatic rings. The molecule has 114 valence electrons. The first-order chi connectivity index (χ1) is 8.28. The van der Waals surface area contributed by atoms with Crippen molar-refractivity contribution in [2.24, 2.45) is 17.6 Å². The number of halogens is 2. The van der Waals surface area contributed by atoms with Gasteiger partial charge in [-0.1, -0.05) is 6.92 Å². The van der Waals surface area contributed by atoms with Crippen molar-refractivity contribution in [2.45, 2.75) is 44.7 Å². The molecule has 5 heteroatoms. The smallest absolute Gasteiger partial charge is 0.0223 e. The van der Waals surface area contributed by atoms with Gasteiger partial charge in [-0.15, -0.1) is 24.8 Å². The summed E-state index contributed by atoms with van der Waals surface area (Å²) in [6.07, 6.45) is 5.57. The van der Waals surface area contributed by atoms with E-state index < -0.39 is 0 Å². The Balaban J connectivity index is 0.000000902. The normalized spacial score (nSPS) is 38.8. The lowest BCUT2D eigenvalue weighted by Gasteiger charge is -2.38. The molecule has 0 aromatic rings. The number of hydrogen-bond donors (Lipinski definition) is 1. The molecule has 2 aliphatic heterocycles. The van der Waals surface area contributed by atoms with Crippen LogP contribution in [0.2, 0.25) is 0 Å². The van der Waals surface area contributed by atoms with Crippen LogP contribution in [0.5, 0.6) is 0 Å². The van der Waals surface area contributed by atoms with Gasteiger partial charge in [0.15, 0.2) is 0 Å². The van der Waals surface area contributed by atoms with Crippen LogP contribution in [0.1, 0.15) is 32.6 Å². The van der Waals surface area contributed by atoms with E-state index in [1.54, 1.807) is 0 Å². The van der Waals surface area contributed by atoms with Crippen molar-refractivity contribution in [3.05, 3.63) is 0 Å². The van der Waals surface area contributed by atoms with E-state index in [1.807, 2.05) is 0 Å². The molecular weight excluding hydrogens is 281 g/mol. The van der Waals surface area contributed by atoms with Crippen LogP contribution in [0.4, 0.5) is 0 Å².